The van der Waals surface area contributed by atoms with Crippen LogP contribution in [0.15, 0.2) is 48.5 Å². The largest absolute Gasteiger partial charge is 0.369 e. The summed E-state index contributed by atoms with van der Waals surface area (Å²) in [7, 11) is 0. The molecule has 166 valence electrons. The Bertz CT molecular complexity index is 877. The van der Waals surface area contributed by atoms with Gasteiger partial charge in [-0.1, -0.05) is 12.1 Å². The molecule has 3 rings (SSSR count). The van der Waals surface area contributed by atoms with Crippen LogP contribution < -0.4 is 15.5 Å². The highest BCUT2D eigenvalue weighted by molar-refractivity contribution is 5.94. The molecule has 0 atom stereocenters. The van der Waals surface area contributed by atoms with Crippen LogP contribution in [-0.4, -0.2) is 62.0 Å². The van der Waals surface area contributed by atoms with E-state index in [1.54, 1.807) is 12.1 Å². The van der Waals surface area contributed by atoms with Gasteiger partial charge >= 0.3 is 0 Å². The number of hydrogen-bond donors (Lipinski definition) is 2. The van der Waals surface area contributed by atoms with E-state index in [-0.39, 0.29) is 24.1 Å². The first-order chi connectivity index (χ1) is 14.9. The molecular formula is C24H31FN4O2. The average Bonchev–Trinajstić information content (AvgIpc) is 2.77. The molecule has 2 N–H and O–H groups in total. The van der Waals surface area contributed by atoms with E-state index in [0.29, 0.717) is 30.3 Å². The van der Waals surface area contributed by atoms with Crippen LogP contribution in [-0.2, 0) is 11.2 Å². The van der Waals surface area contributed by atoms with Gasteiger partial charge in [0.15, 0.2) is 0 Å². The van der Waals surface area contributed by atoms with Crippen molar-refractivity contribution in [1.29, 1.82) is 0 Å². The Morgan fingerprint density at radius 2 is 1.65 bits per heavy atom. The molecule has 1 aliphatic heterocycles. The number of benzene rings is 2. The van der Waals surface area contributed by atoms with E-state index >= 15 is 0 Å². The van der Waals surface area contributed by atoms with Crippen LogP contribution in [0, 0.1) is 5.82 Å². The fourth-order valence-electron chi connectivity index (χ4n) is 3.69. The van der Waals surface area contributed by atoms with Gasteiger partial charge in [-0.2, -0.15) is 0 Å². The Kier molecular flexibility index (Phi) is 8.00. The van der Waals surface area contributed by atoms with Crippen molar-refractivity contribution >= 4 is 17.5 Å². The lowest BCUT2D eigenvalue weighted by Gasteiger charge is -2.38. The molecule has 1 aliphatic rings. The smallest absolute Gasteiger partial charge is 0.251 e. The summed E-state index contributed by atoms with van der Waals surface area (Å²) in [6, 6.07) is 14.2. The zero-order chi connectivity index (χ0) is 22.2. The van der Waals surface area contributed by atoms with E-state index < -0.39 is 0 Å². The first kappa shape index (κ1) is 22.7. The van der Waals surface area contributed by atoms with Crippen molar-refractivity contribution in [3.8, 4) is 0 Å². The highest BCUT2D eigenvalue weighted by atomic mass is 19.1. The third kappa shape index (κ3) is 6.79. The molecular weight excluding hydrogens is 395 g/mol. The molecule has 0 saturated carbocycles. The first-order valence-corrected chi connectivity index (χ1v) is 10.8. The molecule has 0 bridgehead atoms. The summed E-state index contributed by atoms with van der Waals surface area (Å²) >= 11 is 0. The maximum Gasteiger partial charge on any atom is 0.251 e. The number of hydrogen-bond acceptors (Lipinski definition) is 4. The third-order valence-corrected chi connectivity index (χ3v) is 5.53. The lowest BCUT2D eigenvalue weighted by Crippen LogP contribution is -2.48. The van der Waals surface area contributed by atoms with Crippen molar-refractivity contribution in [3.05, 3.63) is 65.5 Å². The van der Waals surface area contributed by atoms with Crippen LogP contribution in [0.2, 0.25) is 0 Å². The number of piperazine rings is 1. The normalized spacial score (nSPS) is 14.5. The average molecular weight is 427 g/mol. The van der Waals surface area contributed by atoms with E-state index in [4.69, 9.17) is 0 Å². The Morgan fingerprint density at radius 3 is 2.29 bits per heavy atom. The van der Waals surface area contributed by atoms with Crippen LogP contribution in [0.4, 0.5) is 10.1 Å². The number of rotatable bonds is 8. The molecule has 31 heavy (non-hydrogen) atoms. The quantitative estimate of drug-likeness (QED) is 0.637. The van der Waals surface area contributed by atoms with Gasteiger partial charge in [0.25, 0.3) is 5.91 Å². The van der Waals surface area contributed by atoms with Gasteiger partial charge in [0.1, 0.15) is 5.82 Å². The van der Waals surface area contributed by atoms with E-state index in [9.17, 15) is 14.0 Å². The van der Waals surface area contributed by atoms with Crippen molar-refractivity contribution in [2.45, 2.75) is 26.3 Å². The molecule has 7 heteroatoms. The molecule has 0 aliphatic carbocycles. The topological polar surface area (TPSA) is 64.7 Å². The highest BCUT2D eigenvalue weighted by Crippen LogP contribution is 2.18. The van der Waals surface area contributed by atoms with Gasteiger partial charge in [-0.15, -0.1) is 0 Å². The predicted octanol–water partition coefficient (Wildman–Crippen LogP) is 2.44. The fraction of sp³-hybridized carbons (Fsp3) is 0.417. The summed E-state index contributed by atoms with van der Waals surface area (Å²) in [5.41, 5.74) is 2.34. The summed E-state index contributed by atoms with van der Waals surface area (Å²) in [4.78, 5) is 29.1. The summed E-state index contributed by atoms with van der Waals surface area (Å²) in [5, 5.41) is 5.54. The molecule has 1 fully saturated rings. The second-order valence-corrected chi connectivity index (χ2v) is 8.08. The number of halogens is 1. The summed E-state index contributed by atoms with van der Waals surface area (Å²) < 4.78 is 13.2. The molecule has 0 unspecified atom stereocenters. The van der Waals surface area contributed by atoms with Crippen LogP contribution in [0.3, 0.4) is 0 Å². The van der Waals surface area contributed by atoms with Gasteiger partial charge in [0, 0.05) is 56.6 Å². The van der Waals surface area contributed by atoms with Gasteiger partial charge in [-0.05, 0) is 55.8 Å². The van der Waals surface area contributed by atoms with Gasteiger partial charge in [-0.25, -0.2) is 4.39 Å². The minimum Gasteiger partial charge on any atom is -0.369 e. The molecule has 0 radical (unpaired) electrons. The molecule has 2 aromatic rings. The van der Waals surface area contributed by atoms with Gasteiger partial charge < -0.3 is 15.5 Å². The molecule has 1 heterocycles. The number of carbonyl (C=O) groups excluding carboxylic acids is 2. The summed E-state index contributed by atoms with van der Waals surface area (Å²) in [5.74, 6) is -0.737. The minimum absolute atomic E-state index is 0.110. The summed E-state index contributed by atoms with van der Waals surface area (Å²) in [6.45, 7) is 9.15. The Balaban J connectivity index is 1.38. The molecule has 1 saturated heterocycles. The second kappa shape index (κ2) is 10.9. The maximum absolute atomic E-state index is 13.2. The lowest BCUT2D eigenvalue weighted by molar-refractivity contribution is -0.120. The van der Waals surface area contributed by atoms with Gasteiger partial charge in [0.05, 0.1) is 6.42 Å². The van der Waals surface area contributed by atoms with Crippen LogP contribution in [0.1, 0.15) is 29.8 Å². The van der Waals surface area contributed by atoms with Crippen molar-refractivity contribution in [2.75, 3.05) is 44.2 Å². The van der Waals surface area contributed by atoms with Gasteiger partial charge in [0.2, 0.25) is 5.91 Å². The number of nitrogens with zero attached hydrogens (tertiary/aromatic N) is 2. The molecule has 2 amide bonds. The Labute approximate surface area is 183 Å². The highest BCUT2D eigenvalue weighted by Gasteiger charge is 2.19. The summed E-state index contributed by atoms with van der Waals surface area (Å²) in [6.07, 6.45) is 0.110. The molecule has 0 spiro atoms. The SMILES string of the molecule is CC(C)N1CCN(c2ccc(C(=O)NCCNC(=O)Cc3cccc(F)c3)cc2)CC1. The number of carbonyl (C=O) groups is 2. The van der Waals surface area contributed by atoms with E-state index in [2.05, 4.69) is 34.3 Å². The minimum atomic E-state index is -0.360. The van der Waals surface area contributed by atoms with Crippen LogP contribution in [0.5, 0.6) is 0 Å². The van der Waals surface area contributed by atoms with Crippen molar-refractivity contribution in [1.82, 2.24) is 15.5 Å². The van der Waals surface area contributed by atoms with Crippen molar-refractivity contribution in [3.63, 3.8) is 0 Å². The maximum atomic E-state index is 13.2. The molecule has 2 aromatic carbocycles. The Morgan fingerprint density at radius 1 is 0.968 bits per heavy atom. The zero-order valence-corrected chi connectivity index (χ0v) is 18.2. The van der Waals surface area contributed by atoms with Crippen LogP contribution >= 0.6 is 0 Å². The fourth-order valence-corrected chi connectivity index (χ4v) is 3.69. The number of amides is 2. The van der Waals surface area contributed by atoms with E-state index in [1.807, 2.05) is 24.3 Å². The first-order valence-electron chi connectivity index (χ1n) is 10.8. The third-order valence-electron chi connectivity index (χ3n) is 5.53. The van der Waals surface area contributed by atoms with Crippen molar-refractivity contribution in [2.24, 2.45) is 0 Å². The zero-order valence-electron chi connectivity index (χ0n) is 18.2. The van der Waals surface area contributed by atoms with E-state index in [1.165, 1.54) is 12.1 Å². The standard InChI is InChI=1S/C24H31FN4O2/c1-18(2)28-12-14-29(15-13-28)22-8-6-20(7-9-22)24(31)27-11-10-26-23(30)17-19-4-3-5-21(25)16-19/h3-9,16,18H,10-15,17H2,1-2H3,(H,26,30)(H,27,31). The second-order valence-electron chi connectivity index (χ2n) is 8.08. The van der Waals surface area contributed by atoms with Crippen LogP contribution in [0.25, 0.3) is 0 Å². The van der Waals surface area contributed by atoms with E-state index in [0.717, 1.165) is 31.9 Å². The van der Waals surface area contributed by atoms with Crippen molar-refractivity contribution < 1.29 is 14.0 Å². The molecule has 0 aromatic heterocycles. The predicted molar refractivity (Wildman–Crippen MR) is 121 cm³/mol. The molecule has 6 nitrogen and oxygen atoms in total. The van der Waals surface area contributed by atoms with Gasteiger partial charge in [-0.3, -0.25) is 14.5 Å². The number of anilines is 1. The number of nitrogens with one attached hydrogen (secondary N) is 2. The monoisotopic (exact) mass is 426 g/mol. The Hall–Kier alpha value is -2.93. The lowest BCUT2D eigenvalue weighted by atomic mass is 10.1.